The predicted molar refractivity (Wildman–Crippen MR) is 55.4 cm³/mol. The van der Waals surface area contributed by atoms with E-state index in [2.05, 4.69) is 0 Å². The molecule has 0 aromatic rings. The van der Waals surface area contributed by atoms with Crippen molar-refractivity contribution in [2.45, 2.75) is 38.5 Å². The number of carbonyl (C=O) groups is 2. The van der Waals surface area contributed by atoms with Crippen LogP contribution in [0.3, 0.4) is 0 Å². The minimum atomic E-state index is -0.654. The molecule has 5 nitrogen and oxygen atoms in total. The zero-order chi connectivity index (χ0) is 11.9. The first-order chi connectivity index (χ1) is 7.56. The number of nitrogens with zero attached hydrogens (tertiary/aromatic N) is 1. The summed E-state index contributed by atoms with van der Waals surface area (Å²) in [5, 5.41) is 9.78. The third kappa shape index (κ3) is 1.71. The Morgan fingerprint density at radius 3 is 2.88 bits per heavy atom. The largest absolute Gasteiger partial charge is 0.463 e. The molecule has 1 N–H and O–H groups in total. The van der Waals surface area contributed by atoms with Crippen LogP contribution in [0.5, 0.6) is 0 Å². The SMILES string of the molecule is CCOC(=O)C1=C[C@H]2[C@@H]([C@@H](O)C1)N2C(C)=O. The summed E-state index contributed by atoms with van der Waals surface area (Å²) in [7, 11) is 0. The quantitative estimate of drug-likeness (QED) is 0.524. The number of ether oxygens (including phenoxy) is 1. The molecule has 0 unspecified atom stereocenters. The van der Waals surface area contributed by atoms with Gasteiger partial charge in [0.25, 0.3) is 0 Å². The van der Waals surface area contributed by atoms with Crippen LogP contribution < -0.4 is 0 Å². The van der Waals surface area contributed by atoms with E-state index in [1.54, 1.807) is 17.9 Å². The molecule has 0 bridgehead atoms. The number of carbonyl (C=O) groups excluding carboxylic acids is 2. The summed E-state index contributed by atoms with van der Waals surface area (Å²) in [6, 6.07) is -0.267. The summed E-state index contributed by atoms with van der Waals surface area (Å²) in [5.74, 6) is -0.467. The minimum Gasteiger partial charge on any atom is -0.463 e. The van der Waals surface area contributed by atoms with Gasteiger partial charge in [-0.3, -0.25) is 4.79 Å². The summed E-state index contributed by atoms with van der Waals surface area (Å²) >= 11 is 0. The van der Waals surface area contributed by atoms with E-state index in [0.717, 1.165) is 0 Å². The van der Waals surface area contributed by atoms with Crippen LogP contribution in [0.2, 0.25) is 0 Å². The van der Waals surface area contributed by atoms with Gasteiger partial charge in [-0.2, -0.15) is 0 Å². The van der Waals surface area contributed by atoms with E-state index in [1.807, 2.05) is 0 Å². The number of hydrogen-bond donors (Lipinski definition) is 1. The number of esters is 1. The van der Waals surface area contributed by atoms with Crippen LogP contribution in [-0.2, 0) is 14.3 Å². The maximum atomic E-state index is 11.5. The summed E-state index contributed by atoms with van der Waals surface area (Å²) in [6.07, 6.45) is 1.35. The Hall–Kier alpha value is -1.36. The number of rotatable bonds is 2. The molecule has 0 aromatic carbocycles. The summed E-state index contributed by atoms with van der Waals surface area (Å²) in [5.41, 5.74) is 0.472. The van der Waals surface area contributed by atoms with Gasteiger partial charge in [-0.05, 0) is 13.0 Å². The Balaban J connectivity index is 2.11. The molecule has 1 saturated heterocycles. The Kier molecular flexibility index (Phi) is 2.71. The van der Waals surface area contributed by atoms with Crippen molar-refractivity contribution in [3.63, 3.8) is 0 Å². The van der Waals surface area contributed by atoms with Gasteiger partial charge in [0.05, 0.1) is 24.8 Å². The van der Waals surface area contributed by atoms with Crippen LogP contribution in [0.1, 0.15) is 20.3 Å². The van der Waals surface area contributed by atoms with Crippen LogP contribution >= 0.6 is 0 Å². The average Bonchev–Trinajstić information content (AvgIpc) is 2.92. The smallest absolute Gasteiger partial charge is 0.333 e. The molecule has 2 rings (SSSR count). The molecule has 1 amide bonds. The van der Waals surface area contributed by atoms with Crippen molar-refractivity contribution in [1.29, 1.82) is 0 Å². The zero-order valence-electron chi connectivity index (χ0n) is 9.34. The highest BCUT2D eigenvalue weighted by Gasteiger charge is 2.55. The predicted octanol–water partition coefficient (Wildman–Crippen LogP) is -0.160. The number of hydrogen-bond acceptors (Lipinski definition) is 4. The normalized spacial score (nSPS) is 31.6. The first-order valence-electron chi connectivity index (χ1n) is 5.41. The summed E-state index contributed by atoms with van der Waals surface area (Å²) in [4.78, 5) is 24.2. The van der Waals surface area contributed by atoms with Gasteiger partial charge in [0.2, 0.25) is 5.91 Å². The lowest BCUT2D eigenvalue weighted by atomic mass is 9.97. The first-order valence-corrected chi connectivity index (χ1v) is 5.41. The molecule has 1 aliphatic carbocycles. The van der Waals surface area contributed by atoms with Gasteiger partial charge < -0.3 is 14.7 Å². The second-order valence-electron chi connectivity index (χ2n) is 4.09. The lowest BCUT2D eigenvalue weighted by Crippen LogP contribution is -2.26. The second kappa shape index (κ2) is 3.90. The van der Waals surface area contributed by atoms with Gasteiger partial charge >= 0.3 is 5.97 Å². The molecule has 0 aromatic heterocycles. The third-order valence-corrected chi connectivity index (χ3v) is 3.00. The van der Waals surface area contributed by atoms with E-state index in [1.165, 1.54) is 6.92 Å². The van der Waals surface area contributed by atoms with Gasteiger partial charge in [0.15, 0.2) is 0 Å². The van der Waals surface area contributed by atoms with E-state index in [0.29, 0.717) is 12.2 Å². The molecule has 0 spiro atoms. The zero-order valence-corrected chi connectivity index (χ0v) is 9.34. The minimum absolute atomic E-state index is 0.0737. The van der Waals surface area contributed by atoms with E-state index in [4.69, 9.17) is 4.74 Å². The van der Waals surface area contributed by atoms with Crippen molar-refractivity contribution < 1.29 is 19.4 Å². The summed E-state index contributed by atoms with van der Waals surface area (Å²) < 4.78 is 4.87. The van der Waals surface area contributed by atoms with Crippen molar-refractivity contribution >= 4 is 11.9 Å². The monoisotopic (exact) mass is 225 g/mol. The average molecular weight is 225 g/mol. The number of amides is 1. The Labute approximate surface area is 93.7 Å². The van der Waals surface area contributed by atoms with E-state index in [9.17, 15) is 14.7 Å². The third-order valence-electron chi connectivity index (χ3n) is 3.00. The molecular weight excluding hydrogens is 210 g/mol. The van der Waals surface area contributed by atoms with Crippen LogP contribution in [0.4, 0.5) is 0 Å². The fraction of sp³-hybridized carbons (Fsp3) is 0.636. The maximum absolute atomic E-state index is 11.5. The van der Waals surface area contributed by atoms with Crippen molar-refractivity contribution in [3.05, 3.63) is 11.6 Å². The molecular formula is C11H15NO4. The Bertz CT molecular complexity index is 363. The number of aliphatic hydroxyl groups is 1. The molecule has 0 saturated carbocycles. The molecule has 88 valence electrons. The molecule has 0 radical (unpaired) electrons. The highest BCUT2D eigenvalue weighted by Crippen LogP contribution is 2.39. The van der Waals surface area contributed by atoms with Crippen molar-refractivity contribution in [2.24, 2.45) is 0 Å². The molecule has 1 fully saturated rings. The van der Waals surface area contributed by atoms with Crippen LogP contribution in [0.25, 0.3) is 0 Å². The lowest BCUT2D eigenvalue weighted by molar-refractivity contribution is -0.139. The van der Waals surface area contributed by atoms with E-state index in [-0.39, 0.29) is 24.4 Å². The lowest BCUT2D eigenvalue weighted by Gasteiger charge is -2.14. The number of fused-ring (bicyclic) bond motifs is 1. The molecule has 2 aliphatic rings. The highest BCUT2D eigenvalue weighted by molar-refractivity contribution is 5.90. The second-order valence-corrected chi connectivity index (χ2v) is 4.09. The first kappa shape index (κ1) is 11.1. The van der Waals surface area contributed by atoms with Gasteiger partial charge in [0, 0.05) is 18.9 Å². The van der Waals surface area contributed by atoms with E-state index >= 15 is 0 Å². The van der Waals surface area contributed by atoms with Crippen LogP contribution in [0, 0.1) is 0 Å². The fourth-order valence-corrected chi connectivity index (χ4v) is 2.28. The Morgan fingerprint density at radius 2 is 2.31 bits per heavy atom. The molecule has 1 aliphatic heterocycles. The number of aliphatic hydroxyl groups excluding tert-OH is 1. The Morgan fingerprint density at radius 1 is 1.62 bits per heavy atom. The van der Waals surface area contributed by atoms with Gasteiger partial charge in [-0.1, -0.05) is 0 Å². The highest BCUT2D eigenvalue weighted by atomic mass is 16.5. The molecule has 5 heteroatoms. The maximum Gasteiger partial charge on any atom is 0.333 e. The molecule has 3 atom stereocenters. The standard InChI is InChI=1S/C11H15NO4/c1-3-16-11(15)7-4-8-10(9(14)5-7)12(8)6(2)13/h4,8-10,14H,3,5H2,1-2H3/t8-,9-,10-,12?/m0/s1. The van der Waals surface area contributed by atoms with Gasteiger partial charge in [-0.15, -0.1) is 0 Å². The van der Waals surface area contributed by atoms with Crippen molar-refractivity contribution in [3.8, 4) is 0 Å². The van der Waals surface area contributed by atoms with Crippen molar-refractivity contribution in [2.75, 3.05) is 6.61 Å². The topological polar surface area (TPSA) is 66.6 Å². The van der Waals surface area contributed by atoms with E-state index < -0.39 is 12.1 Å². The summed E-state index contributed by atoms with van der Waals surface area (Å²) in [6.45, 7) is 3.51. The van der Waals surface area contributed by atoms with Gasteiger partial charge in [0.1, 0.15) is 0 Å². The van der Waals surface area contributed by atoms with Gasteiger partial charge in [-0.25, -0.2) is 4.79 Å². The molecule has 1 heterocycles. The fourth-order valence-electron chi connectivity index (χ4n) is 2.28. The van der Waals surface area contributed by atoms with Crippen LogP contribution in [-0.4, -0.2) is 46.7 Å². The molecule has 16 heavy (non-hydrogen) atoms. The van der Waals surface area contributed by atoms with Crippen molar-refractivity contribution in [1.82, 2.24) is 4.90 Å². The van der Waals surface area contributed by atoms with Crippen LogP contribution in [0.15, 0.2) is 11.6 Å².